The van der Waals surface area contributed by atoms with Gasteiger partial charge in [-0.15, -0.1) is 0 Å². The van der Waals surface area contributed by atoms with Crippen molar-refractivity contribution in [2.24, 2.45) is 0 Å². The van der Waals surface area contributed by atoms with Gasteiger partial charge in [-0.3, -0.25) is 0 Å². The molecule has 3 N–H and O–H groups in total. The molecule has 0 aromatic heterocycles. The number of rotatable bonds is 2. The molecule has 1 aliphatic rings. The third kappa shape index (κ3) is 1.36. The summed E-state index contributed by atoms with van der Waals surface area (Å²) in [6.45, 7) is 1.96. The van der Waals surface area contributed by atoms with Gasteiger partial charge in [-0.2, -0.15) is 0 Å². The Kier molecular flexibility index (Phi) is 1.87. The molecule has 1 aromatic rings. The fourth-order valence-electron chi connectivity index (χ4n) is 1.21. The van der Waals surface area contributed by atoms with Crippen LogP contribution in [0.5, 0.6) is 5.75 Å². The van der Waals surface area contributed by atoms with E-state index in [9.17, 15) is 5.11 Å². The van der Waals surface area contributed by atoms with Crippen LogP contribution in [0, 0.1) is 0 Å². The summed E-state index contributed by atoms with van der Waals surface area (Å²) in [7, 11) is 0. The van der Waals surface area contributed by atoms with E-state index in [0.717, 1.165) is 18.8 Å². The average Bonchev–Trinajstić information content (AvgIpc) is 2.00. The van der Waals surface area contributed by atoms with E-state index in [1.807, 2.05) is 18.2 Å². The van der Waals surface area contributed by atoms with Gasteiger partial charge in [0.2, 0.25) is 0 Å². The van der Waals surface area contributed by atoms with Gasteiger partial charge in [-0.1, -0.05) is 12.1 Å². The molecule has 0 amide bonds. The number of phenolic OH excluding ortho intramolecular Hbond substituents is 1. The molecule has 3 nitrogen and oxygen atoms in total. The summed E-state index contributed by atoms with van der Waals surface area (Å²) in [5.74, 6) is 0.324. The zero-order valence-corrected chi connectivity index (χ0v) is 6.75. The van der Waals surface area contributed by atoms with Crippen molar-refractivity contribution in [1.82, 2.24) is 5.32 Å². The minimum absolute atomic E-state index is 0.324. The molecule has 2 rings (SSSR count). The number of benzene rings is 1. The second kappa shape index (κ2) is 3.03. The SMILES string of the molecule is Oc1ccccc1NC1CNC1. The van der Waals surface area contributed by atoms with Crippen molar-refractivity contribution in [3.63, 3.8) is 0 Å². The first-order valence-electron chi connectivity index (χ1n) is 4.11. The second-order valence-corrected chi connectivity index (χ2v) is 3.02. The molecule has 0 radical (unpaired) electrons. The Morgan fingerprint density at radius 3 is 2.67 bits per heavy atom. The molecular weight excluding hydrogens is 152 g/mol. The van der Waals surface area contributed by atoms with Crippen molar-refractivity contribution in [2.75, 3.05) is 18.4 Å². The quantitative estimate of drug-likeness (QED) is 0.566. The number of phenols is 1. The van der Waals surface area contributed by atoms with Crippen molar-refractivity contribution in [3.8, 4) is 5.75 Å². The Bertz CT molecular complexity index is 271. The predicted octanol–water partition coefficient (Wildman–Crippen LogP) is 0.776. The molecule has 1 saturated heterocycles. The first-order chi connectivity index (χ1) is 5.86. The Morgan fingerprint density at radius 1 is 1.33 bits per heavy atom. The van der Waals surface area contributed by atoms with Gasteiger partial charge in [0.15, 0.2) is 0 Å². The topological polar surface area (TPSA) is 44.3 Å². The Labute approximate surface area is 71.4 Å². The molecule has 3 heteroatoms. The van der Waals surface area contributed by atoms with Gasteiger partial charge in [0.1, 0.15) is 5.75 Å². The smallest absolute Gasteiger partial charge is 0.138 e. The average molecular weight is 164 g/mol. The molecule has 1 heterocycles. The van der Waals surface area contributed by atoms with Crippen LogP contribution in [-0.2, 0) is 0 Å². The van der Waals surface area contributed by atoms with Crippen molar-refractivity contribution >= 4 is 5.69 Å². The van der Waals surface area contributed by atoms with E-state index in [1.54, 1.807) is 6.07 Å². The summed E-state index contributed by atoms with van der Waals surface area (Å²) in [5.41, 5.74) is 0.823. The van der Waals surface area contributed by atoms with Gasteiger partial charge < -0.3 is 15.7 Å². The van der Waals surface area contributed by atoms with Gasteiger partial charge >= 0.3 is 0 Å². The number of nitrogens with one attached hydrogen (secondary N) is 2. The third-order valence-electron chi connectivity index (χ3n) is 2.05. The van der Waals surface area contributed by atoms with Crippen LogP contribution in [0.25, 0.3) is 0 Å². The Balaban J connectivity index is 2.06. The summed E-state index contributed by atoms with van der Waals surface area (Å²) in [4.78, 5) is 0. The highest BCUT2D eigenvalue weighted by molar-refractivity contribution is 5.56. The van der Waals surface area contributed by atoms with E-state index in [0.29, 0.717) is 11.8 Å². The number of hydrogen-bond donors (Lipinski definition) is 3. The number of anilines is 1. The van der Waals surface area contributed by atoms with Gasteiger partial charge in [0.05, 0.1) is 11.7 Å². The van der Waals surface area contributed by atoms with Crippen LogP contribution in [-0.4, -0.2) is 24.2 Å². The van der Waals surface area contributed by atoms with Gasteiger partial charge in [-0.05, 0) is 12.1 Å². The highest BCUT2D eigenvalue weighted by atomic mass is 16.3. The predicted molar refractivity (Wildman–Crippen MR) is 48.4 cm³/mol. The Hall–Kier alpha value is -1.22. The molecule has 0 saturated carbocycles. The normalized spacial score (nSPS) is 17.0. The molecule has 0 unspecified atom stereocenters. The molecule has 0 aliphatic carbocycles. The fourth-order valence-corrected chi connectivity index (χ4v) is 1.21. The first-order valence-corrected chi connectivity index (χ1v) is 4.11. The van der Waals surface area contributed by atoms with E-state index < -0.39 is 0 Å². The standard InChI is InChI=1S/C9H12N2O/c12-9-4-2-1-3-8(9)11-7-5-10-6-7/h1-4,7,10-12H,5-6H2. The number of hydrogen-bond acceptors (Lipinski definition) is 3. The van der Waals surface area contributed by atoms with E-state index >= 15 is 0 Å². The number of aromatic hydroxyl groups is 1. The van der Waals surface area contributed by atoms with Gasteiger partial charge in [-0.25, -0.2) is 0 Å². The third-order valence-corrected chi connectivity index (χ3v) is 2.05. The van der Waals surface area contributed by atoms with E-state index in [2.05, 4.69) is 10.6 Å². The summed E-state index contributed by atoms with van der Waals surface area (Å²) < 4.78 is 0. The lowest BCUT2D eigenvalue weighted by Crippen LogP contribution is -2.51. The summed E-state index contributed by atoms with van der Waals surface area (Å²) in [6.07, 6.45) is 0. The minimum atomic E-state index is 0.324. The van der Waals surface area contributed by atoms with Crippen LogP contribution < -0.4 is 10.6 Å². The van der Waals surface area contributed by atoms with Crippen LogP contribution in [0.3, 0.4) is 0 Å². The maximum Gasteiger partial charge on any atom is 0.138 e. The fraction of sp³-hybridized carbons (Fsp3) is 0.333. The molecule has 12 heavy (non-hydrogen) atoms. The van der Waals surface area contributed by atoms with Crippen LogP contribution in [0.2, 0.25) is 0 Å². The van der Waals surface area contributed by atoms with Crippen molar-refractivity contribution < 1.29 is 5.11 Å². The maximum absolute atomic E-state index is 9.40. The van der Waals surface area contributed by atoms with Crippen molar-refractivity contribution in [3.05, 3.63) is 24.3 Å². The minimum Gasteiger partial charge on any atom is -0.506 e. The van der Waals surface area contributed by atoms with Crippen LogP contribution in [0.4, 0.5) is 5.69 Å². The lowest BCUT2D eigenvalue weighted by molar-refractivity contribution is 0.457. The highest BCUT2D eigenvalue weighted by Crippen LogP contribution is 2.22. The van der Waals surface area contributed by atoms with Gasteiger partial charge in [0, 0.05) is 13.1 Å². The monoisotopic (exact) mass is 164 g/mol. The number of para-hydroxylation sites is 2. The van der Waals surface area contributed by atoms with Crippen molar-refractivity contribution in [2.45, 2.75) is 6.04 Å². The zero-order chi connectivity index (χ0) is 8.39. The van der Waals surface area contributed by atoms with Crippen LogP contribution in [0.15, 0.2) is 24.3 Å². The molecule has 64 valence electrons. The molecular formula is C9H12N2O. The van der Waals surface area contributed by atoms with E-state index in [-0.39, 0.29) is 0 Å². The molecule has 1 aromatic carbocycles. The Morgan fingerprint density at radius 2 is 2.08 bits per heavy atom. The summed E-state index contributed by atoms with van der Waals surface area (Å²) in [6, 6.07) is 7.77. The zero-order valence-electron chi connectivity index (χ0n) is 6.75. The molecule has 1 aliphatic heterocycles. The molecule has 0 atom stereocenters. The maximum atomic E-state index is 9.40. The summed E-state index contributed by atoms with van der Waals surface area (Å²) >= 11 is 0. The summed E-state index contributed by atoms with van der Waals surface area (Å²) in [5, 5.41) is 15.8. The highest BCUT2D eigenvalue weighted by Gasteiger charge is 2.16. The molecule has 0 bridgehead atoms. The van der Waals surface area contributed by atoms with E-state index in [4.69, 9.17) is 0 Å². The second-order valence-electron chi connectivity index (χ2n) is 3.02. The van der Waals surface area contributed by atoms with E-state index in [1.165, 1.54) is 0 Å². The van der Waals surface area contributed by atoms with Crippen LogP contribution in [0.1, 0.15) is 0 Å². The lowest BCUT2D eigenvalue weighted by atomic mass is 10.1. The molecule has 0 spiro atoms. The lowest BCUT2D eigenvalue weighted by Gasteiger charge is -2.29. The first kappa shape index (κ1) is 7.43. The largest absolute Gasteiger partial charge is 0.506 e. The molecule has 1 fully saturated rings. The van der Waals surface area contributed by atoms with Crippen LogP contribution >= 0.6 is 0 Å². The van der Waals surface area contributed by atoms with Gasteiger partial charge in [0.25, 0.3) is 0 Å². The van der Waals surface area contributed by atoms with Crippen molar-refractivity contribution in [1.29, 1.82) is 0 Å².